The molecule has 0 bridgehead atoms. The van der Waals surface area contributed by atoms with Gasteiger partial charge < -0.3 is 15.2 Å². The molecule has 0 radical (unpaired) electrons. The molecule has 0 spiro atoms. The van der Waals surface area contributed by atoms with Crippen LogP contribution in [0, 0.1) is 5.92 Å². The zero-order valence-corrected chi connectivity index (χ0v) is 10.4. The van der Waals surface area contributed by atoms with Crippen LogP contribution in [0.5, 0.6) is 0 Å². The Bertz CT molecular complexity index is 206. The van der Waals surface area contributed by atoms with Gasteiger partial charge in [0.2, 0.25) is 0 Å². The van der Waals surface area contributed by atoms with Crippen LogP contribution in [0.1, 0.15) is 45.4 Å². The fraction of sp³-hybridized carbons (Fsp3) is 1.00. The Morgan fingerprint density at radius 3 is 2.62 bits per heavy atom. The molecular formula is C13H25NO2. The van der Waals surface area contributed by atoms with Gasteiger partial charge in [-0.25, -0.2) is 0 Å². The molecule has 0 aromatic rings. The highest BCUT2D eigenvalue weighted by Crippen LogP contribution is 2.31. The standard InChI is InChI=1S/C13H25NO2/c1-11-3-5-12(6-4-11)16-13(9-14)7-2-8-15-10-13/h11-12H,2-10,14H2,1H3. The lowest BCUT2D eigenvalue weighted by molar-refractivity contribution is -0.161. The average Bonchev–Trinajstić information content (AvgIpc) is 2.33. The van der Waals surface area contributed by atoms with Crippen LogP contribution in [0.15, 0.2) is 0 Å². The van der Waals surface area contributed by atoms with Gasteiger partial charge in [0.05, 0.1) is 12.7 Å². The molecule has 0 aromatic carbocycles. The third kappa shape index (κ3) is 2.96. The third-order valence-corrected chi connectivity index (χ3v) is 4.04. The van der Waals surface area contributed by atoms with Crippen molar-refractivity contribution in [2.75, 3.05) is 19.8 Å². The monoisotopic (exact) mass is 227 g/mol. The first-order valence-electron chi connectivity index (χ1n) is 6.70. The van der Waals surface area contributed by atoms with Gasteiger partial charge in [-0.3, -0.25) is 0 Å². The summed E-state index contributed by atoms with van der Waals surface area (Å²) < 4.78 is 11.8. The van der Waals surface area contributed by atoms with E-state index in [9.17, 15) is 0 Å². The van der Waals surface area contributed by atoms with Crippen molar-refractivity contribution < 1.29 is 9.47 Å². The van der Waals surface area contributed by atoms with Crippen molar-refractivity contribution >= 4 is 0 Å². The van der Waals surface area contributed by atoms with Crippen molar-refractivity contribution in [2.45, 2.75) is 57.2 Å². The predicted octanol–water partition coefficient (Wildman–Crippen LogP) is 2.09. The highest BCUT2D eigenvalue weighted by atomic mass is 16.6. The predicted molar refractivity (Wildman–Crippen MR) is 64.3 cm³/mol. The van der Waals surface area contributed by atoms with E-state index < -0.39 is 0 Å². The number of hydrogen-bond acceptors (Lipinski definition) is 3. The summed E-state index contributed by atoms with van der Waals surface area (Å²) in [7, 11) is 0. The van der Waals surface area contributed by atoms with E-state index in [-0.39, 0.29) is 5.60 Å². The maximum atomic E-state index is 6.27. The zero-order chi connectivity index (χ0) is 11.4. The molecule has 1 unspecified atom stereocenters. The first kappa shape index (κ1) is 12.3. The van der Waals surface area contributed by atoms with Crippen molar-refractivity contribution in [3.05, 3.63) is 0 Å². The molecule has 1 aliphatic heterocycles. The van der Waals surface area contributed by atoms with Crippen molar-refractivity contribution in [3.63, 3.8) is 0 Å². The van der Waals surface area contributed by atoms with Gasteiger partial charge in [-0.2, -0.15) is 0 Å². The van der Waals surface area contributed by atoms with Gasteiger partial charge in [-0.05, 0) is 44.4 Å². The normalized spacial score (nSPS) is 40.9. The summed E-state index contributed by atoms with van der Waals surface area (Å²) in [5.74, 6) is 0.872. The Morgan fingerprint density at radius 1 is 1.31 bits per heavy atom. The molecule has 0 amide bonds. The quantitative estimate of drug-likeness (QED) is 0.803. The summed E-state index contributed by atoms with van der Waals surface area (Å²) in [5, 5.41) is 0. The summed E-state index contributed by atoms with van der Waals surface area (Å²) in [6.07, 6.45) is 7.56. The van der Waals surface area contributed by atoms with Crippen LogP contribution >= 0.6 is 0 Å². The molecular weight excluding hydrogens is 202 g/mol. The lowest BCUT2D eigenvalue weighted by atomic mass is 9.87. The molecule has 1 heterocycles. The van der Waals surface area contributed by atoms with Crippen LogP contribution in [0.3, 0.4) is 0 Å². The molecule has 94 valence electrons. The van der Waals surface area contributed by atoms with Crippen LogP contribution in [-0.2, 0) is 9.47 Å². The Hall–Kier alpha value is -0.120. The summed E-state index contributed by atoms with van der Waals surface area (Å²) >= 11 is 0. The first-order valence-corrected chi connectivity index (χ1v) is 6.70. The topological polar surface area (TPSA) is 44.5 Å². The maximum absolute atomic E-state index is 6.27. The highest BCUT2D eigenvalue weighted by Gasteiger charge is 2.35. The molecule has 1 saturated carbocycles. The van der Waals surface area contributed by atoms with E-state index in [1.54, 1.807) is 0 Å². The van der Waals surface area contributed by atoms with E-state index in [0.29, 0.717) is 19.3 Å². The molecule has 2 N–H and O–H groups in total. The third-order valence-electron chi connectivity index (χ3n) is 4.04. The number of nitrogens with two attached hydrogens (primary N) is 1. The second kappa shape index (κ2) is 5.48. The molecule has 3 nitrogen and oxygen atoms in total. The Kier molecular flexibility index (Phi) is 4.22. The van der Waals surface area contributed by atoms with E-state index in [1.165, 1.54) is 25.7 Å². The molecule has 1 saturated heterocycles. The van der Waals surface area contributed by atoms with E-state index >= 15 is 0 Å². The summed E-state index contributed by atoms with van der Waals surface area (Å²) in [6, 6.07) is 0. The molecule has 2 rings (SSSR count). The van der Waals surface area contributed by atoms with Gasteiger partial charge in [-0.15, -0.1) is 0 Å². The second-order valence-corrected chi connectivity index (χ2v) is 5.54. The largest absolute Gasteiger partial charge is 0.378 e. The minimum Gasteiger partial charge on any atom is -0.378 e. The molecule has 2 fully saturated rings. The lowest BCUT2D eigenvalue weighted by Crippen LogP contribution is -2.50. The second-order valence-electron chi connectivity index (χ2n) is 5.54. The van der Waals surface area contributed by atoms with Gasteiger partial charge in [0, 0.05) is 13.2 Å². The van der Waals surface area contributed by atoms with Gasteiger partial charge >= 0.3 is 0 Å². The van der Waals surface area contributed by atoms with Crippen LogP contribution in [0.4, 0.5) is 0 Å². The van der Waals surface area contributed by atoms with Gasteiger partial charge in [0.25, 0.3) is 0 Å². The summed E-state index contributed by atoms with van der Waals surface area (Å²) in [4.78, 5) is 0. The smallest absolute Gasteiger partial charge is 0.104 e. The molecule has 3 heteroatoms. The fourth-order valence-electron chi connectivity index (χ4n) is 2.83. The van der Waals surface area contributed by atoms with E-state index in [1.807, 2.05) is 0 Å². The maximum Gasteiger partial charge on any atom is 0.104 e. The van der Waals surface area contributed by atoms with Gasteiger partial charge in [-0.1, -0.05) is 6.92 Å². The minimum atomic E-state index is -0.177. The van der Waals surface area contributed by atoms with E-state index in [0.717, 1.165) is 25.4 Å². The minimum absolute atomic E-state index is 0.177. The van der Waals surface area contributed by atoms with Crippen LogP contribution < -0.4 is 5.73 Å². The molecule has 16 heavy (non-hydrogen) atoms. The van der Waals surface area contributed by atoms with Gasteiger partial charge in [0.1, 0.15) is 5.60 Å². The molecule has 1 atom stereocenters. The SMILES string of the molecule is CC1CCC(OC2(CN)CCCOC2)CC1. The van der Waals surface area contributed by atoms with Crippen LogP contribution in [0.2, 0.25) is 0 Å². The summed E-state index contributed by atoms with van der Waals surface area (Å²) in [6.45, 7) is 4.49. The fourth-order valence-corrected chi connectivity index (χ4v) is 2.83. The number of ether oxygens (including phenoxy) is 2. The van der Waals surface area contributed by atoms with Crippen LogP contribution in [0.25, 0.3) is 0 Å². The number of hydrogen-bond donors (Lipinski definition) is 1. The van der Waals surface area contributed by atoms with Gasteiger partial charge in [0.15, 0.2) is 0 Å². The zero-order valence-electron chi connectivity index (χ0n) is 10.4. The first-order chi connectivity index (χ1) is 7.74. The highest BCUT2D eigenvalue weighted by molar-refractivity contribution is 4.87. The summed E-state index contributed by atoms with van der Waals surface area (Å²) in [5.41, 5.74) is 5.70. The van der Waals surface area contributed by atoms with Crippen molar-refractivity contribution in [1.29, 1.82) is 0 Å². The molecule has 0 aromatic heterocycles. The van der Waals surface area contributed by atoms with Crippen molar-refractivity contribution in [3.8, 4) is 0 Å². The van der Waals surface area contributed by atoms with Crippen molar-refractivity contribution in [2.24, 2.45) is 11.7 Å². The van der Waals surface area contributed by atoms with E-state index in [4.69, 9.17) is 15.2 Å². The Morgan fingerprint density at radius 2 is 2.06 bits per heavy atom. The van der Waals surface area contributed by atoms with Crippen molar-refractivity contribution in [1.82, 2.24) is 0 Å². The Balaban J connectivity index is 1.86. The van der Waals surface area contributed by atoms with Crippen LogP contribution in [-0.4, -0.2) is 31.5 Å². The lowest BCUT2D eigenvalue weighted by Gasteiger charge is -2.40. The molecule has 1 aliphatic carbocycles. The number of rotatable bonds is 3. The van der Waals surface area contributed by atoms with E-state index in [2.05, 4.69) is 6.92 Å². The average molecular weight is 227 g/mol. The Labute approximate surface area is 98.7 Å². The molecule has 2 aliphatic rings.